The fraction of sp³-hybridized carbons (Fsp3) is 0.136. The molecule has 0 fully saturated rings. The van der Waals surface area contributed by atoms with Gasteiger partial charge in [-0.3, -0.25) is 9.52 Å². The van der Waals surface area contributed by atoms with E-state index in [1.807, 2.05) is 31.2 Å². The molecule has 7 heteroatoms. The van der Waals surface area contributed by atoms with E-state index in [4.69, 9.17) is 4.74 Å². The number of nitrogens with one attached hydrogen (secondary N) is 2. The van der Waals surface area contributed by atoms with E-state index in [0.717, 1.165) is 11.1 Å². The second-order valence-electron chi connectivity index (χ2n) is 6.47. The molecular weight excluding hydrogens is 388 g/mol. The molecule has 0 aliphatic rings. The van der Waals surface area contributed by atoms with Gasteiger partial charge in [0.25, 0.3) is 15.9 Å². The third-order valence-corrected chi connectivity index (χ3v) is 5.87. The lowest BCUT2D eigenvalue weighted by Gasteiger charge is -2.10. The monoisotopic (exact) mass is 410 g/mol. The highest BCUT2D eigenvalue weighted by atomic mass is 32.2. The van der Waals surface area contributed by atoms with Crippen LogP contribution in [0.4, 0.5) is 5.69 Å². The Bertz CT molecular complexity index is 1090. The third-order valence-electron chi connectivity index (χ3n) is 4.47. The maximum atomic E-state index is 12.5. The van der Waals surface area contributed by atoms with Gasteiger partial charge in [0.15, 0.2) is 0 Å². The Labute approximate surface area is 170 Å². The van der Waals surface area contributed by atoms with Gasteiger partial charge in [0.05, 0.1) is 12.0 Å². The summed E-state index contributed by atoms with van der Waals surface area (Å²) in [5.41, 5.74) is 2.98. The molecule has 0 atom stereocenters. The van der Waals surface area contributed by atoms with Gasteiger partial charge in [-0.15, -0.1) is 0 Å². The molecule has 0 aliphatic heterocycles. The summed E-state index contributed by atoms with van der Waals surface area (Å²) in [6.45, 7) is 2.42. The van der Waals surface area contributed by atoms with Crippen LogP contribution in [-0.4, -0.2) is 21.4 Å². The molecule has 0 bridgehead atoms. The molecule has 0 aromatic heterocycles. The fourth-order valence-electron chi connectivity index (χ4n) is 2.74. The molecule has 3 aromatic carbocycles. The van der Waals surface area contributed by atoms with Crippen LogP contribution in [-0.2, 0) is 16.6 Å². The highest BCUT2D eigenvalue weighted by molar-refractivity contribution is 7.92. The van der Waals surface area contributed by atoms with Crippen molar-refractivity contribution in [2.24, 2.45) is 0 Å². The molecule has 0 aliphatic carbocycles. The molecule has 0 spiro atoms. The van der Waals surface area contributed by atoms with Crippen LogP contribution in [0.15, 0.2) is 77.7 Å². The Morgan fingerprint density at radius 2 is 1.59 bits per heavy atom. The molecule has 3 rings (SSSR count). The van der Waals surface area contributed by atoms with Crippen LogP contribution < -0.4 is 14.8 Å². The maximum absolute atomic E-state index is 12.5. The van der Waals surface area contributed by atoms with Crippen molar-refractivity contribution in [3.8, 4) is 5.75 Å². The zero-order chi connectivity index (χ0) is 20.9. The number of hydrogen-bond acceptors (Lipinski definition) is 4. The van der Waals surface area contributed by atoms with E-state index in [1.54, 1.807) is 36.4 Å². The van der Waals surface area contributed by atoms with Crippen molar-refractivity contribution in [1.29, 1.82) is 0 Å². The molecule has 0 saturated heterocycles. The minimum atomic E-state index is -3.73. The zero-order valence-corrected chi connectivity index (χ0v) is 17.0. The maximum Gasteiger partial charge on any atom is 0.261 e. The van der Waals surface area contributed by atoms with Crippen LogP contribution >= 0.6 is 0 Å². The predicted molar refractivity (Wildman–Crippen MR) is 113 cm³/mol. The first-order chi connectivity index (χ1) is 13.9. The summed E-state index contributed by atoms with van der Waals surface area (Å²) in [7, 11) is -2.21. The number of aryl methyl sites for hydroxylation is 1. The van der Waals surface area contributed by atoms with Gasteiger partial charge in [-0.25, -0.2) is 8.42 Å². The van der Waals surface area contributed by atoms with E-state index in [-0.39, 0.29) is 10.8 Å². The van der Waals surface area contributed by atoms with Crippen LogP contribution in [0.3, 0.4) is 0 Å². The molecule has 29 heavy (non-hydrogen) atoms. The predicted octanol–water partition coefficient (Wildman–Crippen LogP) is 3.73. The number of carbonyl (C=O) groups is 1. The van der Waals surface area contributed by atoms with Crippen molar-refractivity contribution in [2.45, 2.75) is 18.4 Å². The number of benzene rings is 3. The second kappa shape index (κ2) is 8.79. The molecule has 0 radical (unpaired) electrons. The average Bonchev–Trinajstić information content (AvgIpc) is 2.73. The van der Waals surface area contributed by atoms with Crippen molar-refractivity contribution in [3.05, 3.63) is 89.5 Å². The first-order valence-corrected chi connectivity index (χ1v) is 10.5. The highest BCUT2D eigenvalue weighted by Gasteiger charge is 2.14. The van der Waals surface area contributed by atoms with Gasteiger partial charge >= 0.3 is 0 Å². The van der Waals surface area contributed by atoms with Crippen LogP contribution in [0.25, 0.3) is 0 Å². The minimum absolute atomic E-state index is 0.123. The summed E-state index contributed by atoms with van der Waals surface area (Å²) in [6, 6.07) is 20.2. The Kier molecular flexibility index (Phi) is 6.19. The van der Waals surface area contributed by atoms with Crippen molar-refractivity contribution < 1.29 is 17.9 Å². The second-order valence-corrected chi connectivity index (χ2v) is 8.15. The average molecular weight is 410 g/mol. The number of sulfonamides is 1. The topological polar surface area (TPSA) is 84.5 Å². The van der Waals surface area contributed by atoms with E-state index < -0.39 is 10.0 Å². The molecule has 3 aromatic rings. The summed E-state index contributed by atoms with van der Waals surface area (Å²) in [6.07, 6.45) is 0. The number of amides is 1. The molecule has 0 saturated carbocycles. The first-order valence-electron chi connectivity index (χ1n) is 8.99. The number of ether oxygens (including phenoxy) is 1. The summed E-state index contributed by atoms with van der Waals surface area (Å²) in [5, 5.41) is 2.87. The van der Waals surface area contributed by atoms with E-state index in [1.165, 1.54) is 19.2 Å². The van der Waals surface area contributed by atoms with Crippen LogP contribution in [0.1, 0.15) is 21.5 Å². The van der Waals surface area contributed by atoms with E-state index in [0.29, 0.717) is 23.5 Å². The largest absolute Gasteiger partial charge is 0.497 e. The molecule has 2 N–H and O–H groups in total. The van der Waals surface area contributed by atoms with Gasteiger partial charge in [-0.2, -0.15) is 0 Å². The molecule has 0 unspecified atom stereocenters. The first kappa shape index (κ1) is 20.4. The Hall–Kier alpha value is -3.32. The third kappa shape index (κ3) is 5.14. The lowest BCUT2D eigenvalue weighted by Crippen LogP contribution is -2.23. The SMILES string of the molecule is COc1ccc(S(=O)(=O)Nc2ccc(C(=O)NCc3ccccc3C)cc2)cc1. The van der Waals surface area contributed by atoms with Gasteiger partial charge in [0.2, 0.25) is 0 Å². The van der Waals surface area contributed by atoms with Crippen LogP contribution in [0, 0.1) is 6.92 Å². The number of carbonyl (C=O) groups excluding carboxylic acids is 1. The molecule has 0 heterocycles. The summed E-state index contributed by atoms with van der Waals surface area (Å²) >= 11 is 0. The molecule has 150 valence electrons. The van der Waals surface area contributed by atoms with Gasteiger partial charge in [-0.05, 0) is 66.6 Å². The molecular formula is C22H22N2O4S. The standard InChI is InChI=1S/C22H22N2O4S/c1-16-5-3-4-6-18(16)15-23-22(25)17-7-9-19(10-8-17)24-29(26,27)21-13-11-20(28-2)12-14-21/h3-14,24H,15H2,1-2H3,(H,23,25). The zero-order valence-electron chi connectivity index (χ0n) is 16.2. The van der Waals surface area contributed by atoms with E-state index in [2.05, 4.69) is 10.0 Å². The van der Waals surface area contributed by atoms with Gasteiger partial charge in [-0.1, -0.05) is 24.3 Å². The van der Waals surface area contributed by atoms with Gasteiger partial charge in [0.1, 0.15) is 5.75 Å². The smallest absolute Gasteiger partial charge is 0.261 e. The molecule has 1 amide bonds. The van der Waals surface area contributed by atoms with Crippen LogP contribution in [0.2, 0.25) is 0 Å². The number of methoxy groups -OCH3 is 1. The Balaban J connectivity index is 1.64. The Morgan fingerprint density at radius 1 is 0.931 bits per heavy atom. The fourth-order valence-corrected chi connectivity index (χ4v) is 3.80. The summed E-state index contributed by atoms with van der Waals surface area (Å²) < 4.78 is 32.5. The number of anilines is 1. The van der Waals surface area contributed by atoms with Crippen LogP contribution in [0.5, 0.6) is 5.75 Å². The minimum Gasteiger partial charge on any atom is -0.497 e. The summed E-state index contributed by atoms with van der Waals surface area (Å²) in [4.78, 5) is 12.5. The van der Waals surface area contributed by atoms with Crippen molar-refractivity contribution in [3.63, 3.8) is 0 Å². The highest BCUT2D eigenvalue weighted by Crippen LogP contribution is 2.19. The number of rotatable bonds is 7. The van der Waals surface area contributed by atoms with Gasteiger partial charge in [0, 0.05) is 17.8 Å². The van der Waals surface area contributed by atoms with Crippen molar-refractivity contribution in [1.82, 2.24) is 5.32 Å². The van der Waals surface area contributed by atoms with E-state index in [9.17, 15) is 13.2 Å². The normalized spacial score (nSPS) is 11.0. The van der Waals surface area contributed by atoms with E-state index >= 15 is 0 Å². The molecule has 6 nitrogen and oxygen atoms in total. The van der Waals surface area contributed by atoms with Crippen molar-refractivity contribution >= 4 is 21.6 Å². The Morgan fingerprint density at radius 3 is 2.21 bits per heavy atom. The lowest BCUT2D eigenvalue weighted by molar-refractivity contribution is 0.0951. The lowest BCUT2D eigenvalue weighted by atomic mass is 10.1. The summed E-state index contributed by atoms with van der Waals surface area (Å²) in [5.74, 6) is 0.350. The number of hydrogen-bond donors (Lipinski definition) is 2. The quantitative estimate of drug-likeness (QED) is 0.622. The van der Waals surface area contributed by atoms with Crippen molar-refractivity contribution in [2.75, 3.05) is 11.8 Å². The van der Waals surface area contributed by atoms with Gasteiger partial charge < -0.3 is 10.1 Å².